The van der Waals surface area contributed by atoms with Crippen LogP contribution in [0.25, 0.3) is 10.4 Å². The van der Waals surface area contributed by atoms with Gasteiger partial charge < -0.3 is 10.1 Å². The lowest BCUT2D eigenvalue weighted by Crippen LogP contribution is -2.48. The standard InChI is InChI=1S/C30H44N4O3Si/c1-30(2,3)32-26(21-23-13-9-7-10-14-23)28(35)18-17-25(24-15-11-8-12-16-24)22-27(33-34-31)29(36)37-19-20-38(4,5)6/h7-16,25-27,32H,17-22H2,1-6H3/t25?,26-,27-/m0/s1. The fourth-order valence-corrected chi connectivity index (χ4v) is 5.05. The molecule has 206 valence electrons. The lowest BCUT2D eigenvalue weighted by atomic mass is 9.86. The van der Waals surface area contributed by atoms with E-state index in [1.54, 1.807) is 0 Å². The van der Waals surface area contributed by atoms with Crippen molar-refractivity contribution in [3.05, 3.63) is 82.2 Å². The molecule has 1 unspecified atom stereocenters. The van der Waals surface area contributed by atoms with Crippen molar-refractivity contribution in [3.63, 3.8) is 0 Å². The summed E-state index contributed by atoms with van der Waals surface area (Å²) >= 11 is 0. The van der Waals surface area contributed by atoms with Gasteiger partial charge in [-0.15, -0.1) is 0 Å². The number of benzene rings is 2. The molecular weight excluding hydrogens is 492 g/mol. The number of esters is 1. The second-order valence-electron chi connectivity index (χ2n) is 12.2. The van der Waals surface area contributed by atoms with E-state index in [1.807, 2.05) is 60.7 Å². The zero-order valence-corrected chi connectivity index (χ0v) is 24.8. The van der Waals surface area contributed by atoms with Crippen LogP contribution in [0.15, 0.2) is 65.8 Å². The molecule has 2 aromatic carbocycles. The molecule has 2 rings (SSSR count). The van der Waals surface area contributed by atoms with Crippen molar-refractivity contribution in [2.45, 2.75) is 95.7 Å². The smallest absolute Gasteiger partial charge is 0.314 e. The molecule has 2 aromatic rings. The molecule has 38 heavy (non-hydrogen) atoms. The van der Waals surface area contributed by atoms with Gasteiger partial charge in [-0.25, -0.2) is 0 Å². The van der Waals surface area contributed by atoms with E-state index in [9.17, 15) is 9.59 Å². The van der Waals surface area contributed by atoms with E-state index in [1.165, 1.54) is 0 Å². The van der Waals surface area contributed by atoms with Gasteiger partial charge in [-0.05, 0) is 68.7 Å². The molecule has 0 aliphatic rings. The predicted molar refractivity (Wildman–Crippen MR) is 157 cm³/mol. The van der Waals surface area contributed by atoms with Crippen LogP contribution in [0.3, 0.4) is 0 Å². The largest absolute Gasteiger partial charge is 0.466 e. The molecule has 1 N–H and O–H groups in total. The van der Waals surface area contributed by atoms with Crippen LogP contribution < -0.4 is 5.32 Å². The summed E-state index contributed by atoms with van der Waals surface area (Å²) < 4.78 is 5.51. The molecule has 0 amide bonds. The second-order valence-corrected chi connectivity index (χ2v) is 17.8. The number of carbonyl (C=O) groups excluding carboxylic acids is 2. The average Bonchev–Trinajstić information content (AvgIpc) is 2.84. The summed E-state index contributed by atoms with van der Waals surface area (Å²) in [5, 5.41) is 7.29. The molecule has 0 spiro atoms. The van der Waals surface area contributed by atoms with Gasteiger partial charge in [0.25, 0.3) is 0 Å². The van der Waals surface area contributed by atoms with Crippen LogP contribution in [0.2, 0.25) is 25.7 Å². The fourth-order valence-electron chi connectivity index (χ4n) is 4.33. The lowest BCUT2D eigenvalue weighted by Gasteiger charge is -2.28. The van der Waals surface area contributed by atoms with E-state index in [4.69, 9.17) is 10.3 Å². The fraction of sp³-hybridized carbons (Fsp3) is 0.533. The Morgan fingerprint density at radius 3 is 2.18 bits per heavy atom. The lowest BCUT2D eigenvalue weighted by molar-refractivity contribution is -0.144. The minimum atomic E-state index is -1.37. The maximum atomic E-state index is 13.5. The number of nitrogens with one attached hydrogen (secondary N) is 1. The van der Waals surface area contributed by atoms with Gasteiger partial charge in [-0.3, -0.25) is 9.59 Å². The number of hydrogen-bond donors (Lipinski definition) is 1. The molecule has 0 radical (unpaired) electrons. The number of rotatable bonds is 15. The van der Waals surface area contributed by atoms with Crippen molar-refractivity contribution >= 4 is 19.8 Å². The Bertz CT molecular complexity index is 1060. The van der Waals surface area contributed by atoms with Crippen LogP contribution in [0.5, 0.6) is 0 Å². The number of azide groups is 1. The highest BCUT2D eigenvalue weighted by molar-refractivity contribution is 6.76. The van der Waals surface area contributed by atoms with Gasteiger partial charge in [-0.2, -0.15) is 0 Å². The van der Waals surface area contributed by atoms with Gasteiger partial charge in [0.05, 0.1) is 12.6 Å². The number of ketones is 1. The highest BCUT2D eigenvalue weighted by Crippen LogP contribution is 2.29. The molecule has 0 aromatic heterocycles. The van der Waals surface area contributed by atoms with Gasteiger partial charge in [0.15, 0.2) is 0 Å². The first-order chi connectivity index (χ1) is 17.9. The number of carbonyl (C=O) groups is 2. The van der Waals surface area contributed by atoms with Gasteiger partial charge in [0.2, 0.25) is 0 Å². The van der Waals surface area contributed by atoms with E-state index < -0.39 is 20.1 Å². The molecule has 0 aliphatic carbocycles. The van der Waals surface area contributed by atoms with Crippen molar-refractivity contribution in [2.75, 3.05) is 6.61 Å². The Labute approximate surface area is 229 Å². The second kappa shape index (κ2) is 14.9. The monoisotopic (exact) mass is 536 g/mol. The quantitative estimate of drug-likeness (QED) is 0.0864. The molecular formula is C30H44N4O3Si. The van der Waals surface area contributed by atoms with Crippen LogP contribution >= 0.6 is 0 Å². The van der Waals surface area contributed by atoms with Crippen molar-refractivity contribution in [1.29, 1.82) is 0 Å². The highest BCUT2D eigenvalue weighted by atomic mass is 28.3. The molecule has 3 atom stereocenters. The first kappa shape index (κ1) is 31.3. The third-order valence-electron chi connectivity index (χ3n) is 6.36. The van der Waals surface area contributed by atoms with Crippen molar-refractivity contribution < 1.29 is 14.3 Å². The Kier molecular flexibility index (Phi) is 12.2. The van der Waals surface area contributed by atoms with Gasteiger partial charge in [0.1, 0.15) is 11.8 Å². The zero-order chi connectivity index (χ0) is 28.2. The topological polar surface area (TPSA) is 104 Å². The van der Waals surface area contributed by atoms with Crippen LogP contribution in [0, 0.1) is 0 Å². The summed E-state index contributed by atoms with van der Waals surface area (Å²) in [4.78, 5) is 29.3. The van der Waals surface area contributed by atoms with Crippen LogP contribution in [-0.2, 0) is 20.7 Å². The summed E-state index contributed by atoms with van der Waals surface area (Å²) in [7, 11) is -1.37. The van der Waals surface area contributed by atoms with Crippen molar-refractivity contribution in [2.24, 2.45) is 5.11 Å². The summed E-state index contributed by atoms with van der Waals surface area (Å²) in [6, 6.07) is 19.4. The summed E-state index contributed by atoms with van der Waals surface area (Å²) in [6.45, 7) is 13.2. The first-order valence-corrected chi connectivity index (χ1v) is 17.2. The first-order valence-electron chi connectivity index (χ1n) is 13.5. The highest BCUT2D eigenvalue weighted by Gasteiger charge is 2.28. The Hall–Kier alpha value is -2.93. The molecule has 0 fully saturated rings. The predicted octanol–water partition coefficient (Wildman–Crippen LogP) is 7.07. The Morgan fingerprint density at radius 2 is 1.63 bits per heavy atom. The summed E-state index contributed by atoms with van der Waals surface area (Å²) in [5.74, 6) is -0.500. The zero-order valence-electron chi connectivity index (χ0n) is 23.8. The van der Waals surface area contributed by atoms with Gasteiger partial charge in [-0.1, -0.05) is 85.4 Å². The van der Waals surface area contributed by atoms with Crippen LogP contribution in [-0.4, -0.2) is 44.1 Å². The maximum absolute atomic E-state index is 13.5. The molecule has 0 saturated heterocycles. The Morgan fingerprint density at radius 1 is 1.03 bits per heavy atom. The number of ether oxygens (including phenoxy) is 1. The minimum Gasteiger partial charge on any atom is -0.466 e. The van der Waals surface area contributed by atoms with Crippen LogP contribution in [0.1, 0.15) is 57.1 Å². The van der Waals surface area contributed by atoms with Gasteiger partial charge in [0, 0.05) is 24.9 Å². The maximum Gasteiger partial charge on any atom is 0.314 e. The normalized spacial score (nSPS) is 14.2. The number of nitrogens with zero attached hydrogens (tertiary/aromatic N) is 3. The third-order valence-corrected chi connectivity index (χ3v) is 8.06. The van der Waals surface area contributed by atoms with E-state index in [0.29, 0.717) is 32.3 Å². The van der Waals surface area contributed by atoms with Crippen molar-refractivity contribution in [3.8, 4) is 0 Å². The number of hydrogen-bond acceptors (Lipinski definition) is 5. The van der Waals surface area contributed by atoms with E-state index in [-0.39, 0.29) is 23.3 Å². The van der Waals surface area contributed by atoms with E-state index >= 15 is 0 Å². The molecule has 0 aliphatic heterocycles. The summed E-state index contributed by atoms with van der Waals surface area (Å²) in [6.07, 6.45) is 1.79. The molecule has 0 bridgehead atoms. The third kappa shape index (κ3) is 12.1. The van der Waals surface area contributed by atoms with Crippen LogP contribution in [0.4, 0.5) is 0 Å². The number of Topliss-reactive ketones (excluding diaryl/α,β-unsaturated/α-hetero) is 1. The molecule has 8 heteroatoms. The SMILES string of the molecule is CC(C)(C)N[C@@H](Cc1ccccc1)C(=O)CCC(C[C@H](N=[N+]=[N-])C(=O)OCC[Si](C)(C)C)c1ccccc1. The summed E-state index contributed by atoms with van der Waals surface area (Å²) in [5.41, 5.74) is 11.1. The van der Waals surface area contributed by atoms with Crippen molar-refractivity contribution in [1.82, 2.24) is 5.32 Å². The Balaban J connectivity index is 2.17. The molecule has 7 nitrogen and oxygen atoms in total. The molecule has 0 heterocycles. The van der Waals surface area contributed by atoms with E-state index in [0.717, 1.165) is 17.2 Å². The van der Waals surface area contributed by atoms with E-state index in [2.05, 4.69) is 55.8 Å². The average molecular weight is 537 g/mol. The minimum absolute atomic E-state index is 0.128. The van der Waals surface area contributed by atoms with Gasteiger partial charge >= 0.3 is 5.97 Å². The molecule has 0 saturated carbocycles.